The van der Waals surface area contributed by atoms with E-state index in [4.69, 9.17) is 17.2 Å². The number of thiocarbonyl (C=S) groups is 1. The summed E-state index contributed by atoms with van der Waals surface area (Å²) >= 11 is 7.19. The number of nitrogens with one attached hydrogen (secondary N) is 4. The highest BCUT2D eigenvalue weighted by atomic mass is 32.1. The molecule has 2 amide bonds. The third-order valence-electron chi connectivity index (χ3n) is 7.21. The number of carbonyl (C=O) groups excluding carboxylic acids is 2. The second kappa shape index (κ2) is 10.0. The van der Waals surface area contributed by atoms with Crippen molar-refractivity contribution in [3.05, 3.63) is 27.8 Å². The Kier molecular flexibility index (Phi) is 6.99. The Morgan fingerprint density at radius 1 is 1.23 bits per heavy atom. The lowest BCUT2D eigenvalue weighted by Gasteiger charge is -2.25. The molecule has 2 atom stereocenters. The number of thiophene rings is 1. The molecule has 1 aromatic rings. The lowest BCUT2D eigenvalue weighted by molar-refractivity contribution is -0.117. The van der Waals surface area contributed by atoms with E-state index in [-0.39, 0.29) is 29.8 Å². The van der Waals surface area contributed by atoms with Crippen LogP contribution in [0.4, 0.5) is 5.00 Å². The quantitative estimate of drug-likeness (QED) is 0.415. The first-order chi connectivity index (χ1) is 16.8. The van der Waals surface area contributed by atoms with Crippen molar-refractivity contribution in [2.75, 3.05) is 11.9 Å². The molecule has 0 spiro atoms. The maximum atomic E-state index is 13.3. The first-order valence-corrected chi connectivity index (χ1v) is 14.1. The predicted molar refractivity (Wildman–Crippen MR) is 145 cm³/mol. The van der Waals surface area contributed by atoms with Crippen LogP contribution in [0.5, 0.6) is 0 Å². The van der Waals surface area contributed by atoms with Crippen LogP contribution < -0.4 is 21.3 Å². The molecule has 5 rings (SSSR count). The second-order valence-electron chi connectivity index (χ2n) is 10.7. The third-order valence-corrected chi connectivity index (χ3v) is 8.63. The molecule has 188 valence electrons. The summed E-state index contributed by atoms with van der Waals surface area (Å²) in [6.45, 7) is 7.10. The normalized spacial score (nSPS) is 24.6. The Hall–Kier alpha value is -2.26. The number of nitrogens with zero attached hydrogens (tertiary/aromatic N) is 1. The third kappa shape index (κ3) is 5.77. The van der Waals surface area contributed by atoms with Crippen LogP contribution in [0.15, 0.2) is 16.8 Å². The topological polar surface area (TPSA) is 94.6 Å². The molecule has 4 aliphatic rings. The molecule has 1 aliphatic heterocycles. The molecule has 0 radical (unpaired) electrons. The zero-order chi connectivity index (χ0) is 24.7. The number of allylic oxidation sites excluding steroid dienone is 1. The van der Waals surface area contributed by atoms with E-state index in [1.165, 1.54) is 17.7 Å². The lowest BCUT2D eigenvalue weighted by Crippen LogP contribution is -2.39. The van der Waals surface area contributed by atoms with Crippen molar-refractivity contribution >= 4 is 51.2 Å². The molecular formula is C26H35N5O2S2. The van der Waals surface area contributed by atoms with Gasteiger partial charge in [0, 0.05) is 29.1 Å². The fourth-order valence-electron chi connectivity index (χ4n) is 4.85. The molecule has 1 aromatic heterocycles. The Bertz CT molecular complexity index is 1100. The van der Waals surface area contributed by atoms with Crippen LogP contribution in [0.2, 0.25) is 0 Å². The fourth-order valence-corrected chi connectivity index (χ4v) is 6.37. The SMILES string of the molecule is CC1=CC(=NC(=S)N[C@H]2CCc3sc(NC(=O)C4CC4)c(C(=O)NCC4CC4)c3C2)C(C(C)C)N1. The van der Waals surface area contributed by atoms with E-state index in [0.29, 0.717) is 40.5 Å². The second-order valence-corrected chi connectivity index (χ2v) is 12.2. The molecule has 3 aliphatic carbocycles. The van der Waals surface area contributed by atoms with Crippen LogP contribution >= 0.6 is 23.6 Å². The number of aliphatic imine (C=N–C) groups is 1. The number of aryl methyl sites for hydroxylation is 1. The average Bonchev–Trinajstić information content (AvgIpc) is 3.72. The number of carbonyl (C=O) groups is 2. The van der Waals surface area contributed by atoms with E-state index in [1.54, 1.807) is 11.3 Å². The summed E-state index contributed by atoms with van der Waals surface area (Å²) in [6, 6.07) is 0.275. The summed E-state index contributed by atoms with van der Waals surface area (Å²) in [5, 5.41) is 14.3. The largest absolute Gasteiger partial charge is 0.380 e. The van der Waals surface area contributed by atoms with Crippen molar-refractivity contribution in [1.29, 1.82) is 0 Å². The first-order valence-electron chi connectivity index (χ1n) is 12.9. The van der Waals surface area contributed by atoms with Gasteiger partial charge in [0.2, 0.25) is 5.91 Å². The maximum Gasteiger partial charge on any atom is 0.254 e. The van der Waals surface area contributed by atoms with E-state index in [2.05, 4.69) is 41.2 Å². The van der Waals surface area contributed by atoms with Gasteiger partial charge in [-0.3, -0.25) is 9.59 Å². The zero-order valence-corrected chi connectivity index (χ0v) is 22.3. The van der Waals surface area contributed by atoms with E-state index in [9.17, 15) is 9.59 Å². The van der Waals surface area contributed by atoms with Gasteiger partial charge in [-0.05, 0) is 87.6 Å². The summed E-state index contributed by atoms with van der Waals surface area (Å²) in [4.78, 5) is 31.7. The van der Waals surface area contributed by atoms with Gasteiger partial charge in [0.05, 0.1) is 17.3 Å². The molecule has 7 nitrogen and oxygen atoms in total. The van der Waals surface area contributed by atoms with Crippen LogP contribution in [0.1, 0.15) is 73.7 Å². The first kappa shape index (κ1) is 24.4. The summed E-state index contributed by atoms with van der Waals surface area (Å²) < 4.78 is 0. The standard InChI is InChI=1S/C26H35N5O2S2/c1-13(2)22-19(10-14(3)28-22)30-26(34)29-17-8-9-20-18(11-17)21(24(33)27-12-15-4-5-15)25(35-20)31-23(32)16-6-7-16/h10,13,15-17,22,28H,4-9,11-12H2,1-3H3,(H,27,33)(H,29,34)(H,31,32)/t17-,22?/m0/s1. The van der Waals surface area contributed by atoms with Crippen LogP contribution in [0.3, 0.4) is 0 Å². The van der Waals surface area contributed by atoms with Crippen molar-refractivity contribution in [3.8, 4) is 0 Å². The molecule has 2 heterocycles. The van der Waals surface area contributed by atoms with Gasteiger partial charge in [-0.2, -0.15) is 0 Å². The van der Waals surface area contributed by atoms with E-state index in [0.717, 1.165) is 42.7 Å². The van der Waals surface area contributed by atoms with Gasteiger partial charge in [-0.15, -0.1) is 11.3 Å². The summed E-state index contributed by atoms with van der Waals surface area (Å²) in [5.74, 6) is 1.08. The minimum Gasteiger partial charge on any atom is -0.380 e. The summed E-state index contributed by atoms with van der Waals surface area (Å²) in [5.41, 5.74) is 3.77. The molecule has 9 heteroatoms. The molecule has 0 aromatic carbocycles. The highest BCUT2D eigenvalue weighted by Gasteiger charge is 2.34. The Balaban J connectivity index is 1.31. The van der Waals surface area contributed by atoms with Crippen molar-refractivity contribution in [2.24, 2.45) is 22.7 Å². The molecule has 2 fully saturated rings. The lowest BCUT2D eigenvalue weighted by atomic mass is 9.91. The van der Waals surface area contributed by atoms with E-state index < -0.39 is 0 Å². The number of fused-ring (bicyclic) bond motifs is 1. The molecular weight excluding hydrogens is 478 g/mol. The summed E-state index contributed by atoms with van der Waals surface area (Å²) in [7, 11) is 0. The number of hydrogen-bond donors (Lipinski definition) is 4. The van der Waals surface area contributed by atoms with Gasteiger partial charge in [0.1, 0.15) is 5.00 Å². The Labute approximate surface area is 216 Å². The van der Waals surface area contributed by atoms with Gasteiger partial charge in [0.25, 0.3) is 5.91 Å². The molecule has 1 unspecified atom stereocenters. The number of hydrogen-bond acceptors (Lipinski definition) is 5. The van der Waals surface area contributed by atoms with Gasteiger partial charge >= 0.3 is 0 Å². The minimum absolute atomic E-state index is 0.0414. The fraction of sp³-hybridized carbons (Fsp3) is 0.615. The van der Waals surface area contributed by atoms with Crippen LogP contribution in [-0.2, 0) is 17.6 Å². The molecule has 4 N–H and O–H groups in total. The van der Waals surface area contributed by atoms with Crippen molar-refractivity contribution in [1.82, 2.24) is 16.0 Å². The van der Waals surface area contributed by atoms with Crippen LogP contribution in [0, 0.1) is 17.8 Å². The van der Waals surface area contributed by atoms with Crippen molar-refractivity contribution in [3.63, 3.8) is 0 Å². The smallest absolute Gasteiger partial charge is 0.254 e. The molecule has 0 saturated heterocycles. The Morgan fingerprint density at radius 2 is 2.00 bits per heavy atom. The van der Waals surface area contributed by atoms with Gasteiger partial charge < -0.3 is 21.3 Å². The maximum absolute atomic E-state index is 13.3. The van der Waals surface area contributed by atoms with Crippen molar-refractivity contribution in [2.45, 2.75) is 77.8 Å². The predicted octanol–water partition coefficient (Wildman–Crippen LogP) is 3.94. The van der Waals surface area contributed by atoms with Gasteiger partial charge in [0.15, 0.2) is 5.11 Å². The molecule has 2 saturated carbocycles. The van der Waals surface area contributed by atoms with Gasteiger partial charge in [-0.25, -0.2) is 4.99 Å². The van der Waals surface area contributed by atoms with E-state index >= 15 is 0 Å². The monoisotopic (exact) mass is 513 g/mol. The Morgan fingerprint density at radius 3 is 2.69 bits per heavy atom. The summed E-state index contributed by atoms with van der Waals surface area (Å²) in [6.07, 6.45) is 8.77. The van der Waals surface area contributed by atoms with Gasteiger partial charge in [-0.1, -0.05) is 13.8 Å². The number of anilines is 1. The number of rotatable bonds is 7. The van der Waals surface area contributed by atoms with Crippen molar-refractivity contribution < 1.29 is 9.59 Å². The minimum atomic E-state index is -0.0682. The zero-order valence-electron chi connectivity index (χ0n) is 20.7. The molecule has 0 bridgehead atoms. The average molecular weight is 514 g/mol. The molecule has 35 heavy (non-hydrogen) atoms. The number of amides is 2. The van der Waals surface area contributed by atoms with Crippen LogP contribution in [0.25, 0.3) is 0 Å². The van der Waals surface area contributed by atoms with E-state index in [1.807, 2.05) is 6.92 Å². The highest BCUT2D eigenvalue weighted by Crippen LogP contribution is 2.40. The van der Waals surface area contributed by atoms with Crippen LogP contribution in [-0.4, -0.2) is 41.3 Å². The highest BCUT2D eigenvalue weighted by molar-refractivity contribution is 7.80.